The van der Waals surface area contributed by atoms with E-state index in [9.17, 15) is 0 Å². The minimum Gasteiger partial charge on any atom is -0.399 e. The van der Waals surface area contributed by atoms with Crippen molar-refractivity contribution >= 4 is 27.4 Å². The summed E-state index contributed by atoms with van der Waals surface area (Å²) in [5.74, 6) is 0. The maximum absolute atomic E-state index is 5.60. The average Bonchev–Trinajstić information content (AvgIpc) is 2.55. The van der Waals surface area contributed by atoms with Crippen molar-refractivity contribution in [2.45, 2.75) is 0 Å². The van der Waals surface area contributed by atoms with Gasteiger partial charge in [0.25, 0.3) is 0 Å². The van der Waals surface area contributed by atoms with Gasteiger partial charge in [0.15, 0.2) is 0 Å². The van der Waals surface area contributed by atoms with Crippen LogP contribution in [0.15, 0.2) is 79.3 Å². The van der Waals surface area contributed by atoms with Crippen LogP contribution >= 0.6 is 0 Å². The highest BCUT2D eigenvalue weighted by Gasteiger charge is 1.90. The molecule has 0 saturated heterocycles. The first-order chi connectivity index (χ1) is 10.3. The molecule has 0 bridgehead atoms. The van der Waals surface area contributed by atoms with Crippen LogP contribution in [0.1, 0.15) is 0 Å². The number of nitrogens with zero attached hydrogens (tertiary/aromatic N) is 2. The van der Waals surface area contributed by atoms with Gasteiger partial charge >= 0.3 is 0 Å². The van der Waals surface area contributed by atoms with Gasteiger partial charge in [-0.3, -0.25) is 9.97 Å². The fraction of sp³-hybridized carbons (Fsp3) is 0. The molecule has 4 rings (SSSR count). The van der Waals surface area contributed by atoms with Crippen LogP contribution in [0, 0.1) is 0 Å². The first-order valence-electron chi connectivity index (χ1n) is 6.72. The number of fused-ring (bicyclic) bond motifs is 2. The average molecular weight is 273 g/mol. The number of nitrogens with two attached hydrogens (primary N) is 1. The Labute approximate surface area is 123 Å². The Kier molecular flexibility index (Phi) is 3.74. The molecule has 0 aliphatic rings. The number of benzene rings is 2. The maximum atomic E-state index is 5.60. The Morgan fingerprint density at radius 3 is 2.48 bits per heavy atom. The van der Waals surface area contributed by atoms with E-state index < -0.39 is 0 Å². The monoisotopic (exact) mass is 273 g/mol. The number of aromatic nitrogens is 2. The molecular formula is C18H15N3. The highest BCUT2D eigenvalue weighted by Crippen LogP contribution is 2.14. The van der Waals surface area contributed by atoms with E-state index in [0.29, 0.717) is 0 Å². The quantitative estimate of drug-likeness (QED) is 0.492. The van der Waals surface area contributed by atoms with Gasteiger partial charge in [0.05, 0.1) is 5.52 Å². The van der Waals surface area contributed by atoms with Crippen molar-refractivity contribution in [3.8, 4) is 0 Å². The van der Waals surface area contributed by atoms with E-state index >= 15 is 0 Å². The van der Waals surface area contributed by atoms with Crippen molar-refractivity contribution in [2.75, 3.05) is 5.73 Å². The van der Waals surface area contributed by atoms with Crippen molar-refractivity contribution in [3.05, 3.63) is 79.3 Å². The van der Waals surface area contributed by atoms with Crippen molar-refractivity contribution in [1.29, 1.82) is 0 Å². The summed E-state index contributed by atoms with van der Waals surface area (Å²) in [6, 6.07) is 19.9. The molecule has 2 N–H and O–H groups in total. The zero-order valence-electron chi connectivity index (χ0n) is 11.5. The molecule has 0 amide bonds. The molecule has 102 valence electrons. The van der Waals surface area contributed by atoms with E-state index in [-0.39, 0.29) is 0 Å². The van der Waals surface area contributed by atoms with Crippen LogP contribution in [0.4, 0.5) is 5.69 Å². The Bertz CT molecular complexity index is 806. The van der Waals surface area contributed by atoms with Gasteiger partial charge in [-0.05, 0) is 35.7 Å². The number of hydrogen-bond donors (Lipinski definition) is 1. The lowest BCUT2D eigenvalue weighted by Gasteiger charge is -1.96. The van der Waals surface area contributed by atoms with Gasteiger partial charge in [0.1, 0.15) is 0 Å². The van der Waals surface area contributed by atoms with Gasteiger partial charge in [-0.1, -0.05) is 30.3 Å². The van der Waals surface area contributed by atoms with Crippen LogP contribution in [-0.2, 0) is 0 Å². The third-order valence-corrected chi connectivity index (χ3v) is 3.18. The van der Waals surface area contributed by atoms with Crippen molar-refractivity contribution < 1.29 is 0 Å². The molecule has 0 aliphatic heterocycles. The smallest absolute Gasteiger partial charge is 0.0701 e. The summed E-state index contributed by atoms with van der Waals surface area (Å²) in [7, 11) is 0. The molecule has 2 aromatic heterocycles. The second-order valence-corrected chi connectivity index (χ2v) is 4.68. The fourth-order valence-electron chi connectivity index (χ4n) is 2.12. The van der Waals surface area contributed by atoms with Crippen LogP contribution in [0.5, 0.6) is 0 Å². The topological polar surface area (TPSA) is 51.8 Å². The Morgan fingerprint density at radius 1 is 0.714 bits per heavy atom. The highest BCUT2D eigenvalue weighted by atomic mass is 14.6. The van der Waals surface area contributed by atoms with E-state index in [1.807, 2.05) is 60.9 Å². The Morgan fingerprint density at radius 2 is 1.57 bits per heavy atom. The fourth-order valence-corrected chi connectivity index (χ4v) is 2.12. The standard InChI is InChI=1S/C9H8N2.C9H7N/c10-9-2-1-7-3-4-11-6-8(7)5-9;1-2-6-9-8(4-1)5-3-7-10-9/h1-6H,10H2;1-7H. The number of hydrogen-bond acceptors (Lipinski definition) is 3. The Hall–Kier alpha value is -2.94. The van der Waals surface area contributed by atoms with Crippen molar-refractivity contribution in [1.82, 2.24) is 9.97 Å². The zero-order chi connectivity index (χ0) is 14.5. The van der Waals surface area contributed by atoms with Crippen molar-refractivity contribution in [2.24, 2.45) is 0 Å². The van der Waals surface area contributed by atoms with E-state index in [1.54, 1.807) is 6.20 Å². The second-order valence-electron chi connectivity index (χ2n) is 4.68. The van der Waals surface area contributed by atoms with Gasteiger partial charge in [-0.15, -0.1) is 0 Å². The summed E-state index contributed by atoms with van der Waals surface area (Å²) in [4.78, 5) is 8.18. The summed E-state index contributed by atoms with van der Waals surface area (Å²) < 4.78 is 0. The predicted molar refractivity (Wildman–Crippen MR) is 87.9 cm³/mol. The highest BCUT2D eigenvalue weighted by molar-refractivity contribution is 5.84. The molecule has 0 unspecified atom stereocenters. The summed E-state index contributed by atoms with van der Waals surface area (Å²) in [5.41, 5.74) is 7.44. The lowest BCUT2D eigenvalue weighted by molar-refractivity contribution is 1.36. The van der Waals surface area contributed by atoms with Crippen LogP contribution < -0.4 is 5.73 Å². The molecule has 0 spiro atoms. The minimum absolute atomic E-state index is 0.783. The molecule has 21 heavy (non-hydrogen) atoms. The molecule has 0 aliphatic carbocycles. The first-order valence-corrected chi connectivity index (χ1v) is 6.72. The van der Waals surface area contributed by atoms with Gasteiger partial charge in [-0.25, -0.2) is 0 Å². The number of nitrogen functional groups attached to an aromatic ring is 1. The van der Waals surface area contributed by atoms with Gasteiger partial charge in [0, 0.05) is 35.1 Å². The molecule has 0 fully saturated rings. The van der Waals surface area contributed by atoms with Crippen LogP contribution in [0.25, 0.3) is 21.7 Å². The third kappa shape index (κ3) is 3.15. The van der Waals surface area contributed by atoms with Crippen LogP contribution in [0.2, 0.25) is 0 Å². The lowest BCUT2D eigenvalue weighted by Crippen LogP contribution is -1.83. The maximum Gasteiger partial charge on any atom is 0.0701 e. The molecule has 0 saturated carbocycles. The largest absolute Gasteiger partial charge is 0.399 e. The minimum atomic E-state index is 0.783. The number of pyridine rings is 2. The normalized spacial score (nSPS) is 10.1. The van der Waals surface area contributed by atoms with Gasteiger partial charge < -0.3 is 5.73 Å². The van der Waals surface area contributed by atoms with E-state index in [4.69, 9.17) is 5.73 Å². The lowest BCUT2D eigenvalue weighted by atomic mass is 10.2. The molecule has 3 nitrogen and oxygen atoms in total. The molecular weight excluding hydrogens is 258 g/mol. The molecule has 0 radical (unpaired) electrons. The van der Waals surface area contributed by atoms with E-state index in [1.165, 1.54) is 10.8 Å². The molecule has 4 aromatic rings. The second kappa shape index (κ2) is 6.01. The van der Waals surface area contributed by atoms with Gasteiger partial charge in [0.2, 0.25) is 0 Å². The summed E-state index contributed by atoms with van der Waals surface area (Å²) in [6.07, 6.45) is 5.40. The number of anilines is 1. The molecule has 2 aromatic carbocycles. The van der Waals surface area contributed by atoms with Crippen LogP contribution in [0.3, 0.4) is 0 Å². The van der Waals surface area contributed by atoms with E-state index in [2.05, 4.69) is 22.1 Å². The van der Waals surface area contributed by atoms with E-state index in [0.717, 1.165) is 16.6 Å². The molecule has 2 heterocycles. The summed E-state index contributed by atoms with van der Waals surface area (Å²) in [6.45, 7) is 0. The predicted octanol–water partition coefficient (Wildman–Crippen LogP) is 4.05. The first kappa shape index (κ1) is 13.1. The number of para-hydroxylation sites is 1. The van der Waals surface area contributed by atoms with Crippen LogP contribution in [-0.4, -0.2) is 9.97 Å². The summed E-state index contributed by atoms with van der Waals surface area (Å²) >= 11 is 0. The summed E-state index contributed by atoms with van der Waals surface area (Å²) in [5, 5.41) is 3.46. The molecule has 3 heteroatoms. The van der Waals surface area contributed by atoms with Gasteiger partial charge in [-0.2, -0.15) is 0 Å². The third-order valence-electron chi connectivity index (χ3n) is 3.18. The number of rotatable bonds is 0. The SMILES string of the molecule is Nc1ccc2ccncc2c1.c1ccc2ncccc2c1. The Balaban J connectivity index is 0.000000126. The zero-order valence-corrected chi connectivity index (χ0v) is 11.5. The van der Waals surface area contributed by atoms with Crippen molar-refractivity contribution in [3.63, 3.8) is 0 Å². The molecule has 0 atom stereocenters.